The summed E-state index contributed by atoms with van der Waals surface area (Å²) in [5.74, 6) is 0.704. The number of ether oxygens (including phenoxy) is 1. The Hall–Kier alpha value is -1.57. The number of aryl methyl sites for hydroxylation is 1. The number of anilines is 1. The minimum absolute atomic E-state index is 0.206. The molecule has 0 spiro atoms. The van der Waals surface area contributed by atoms with Crippen molar-refractivity contribution in [3.8, 4) is 5.75 Å². The summed E-state index contributed by atoms with van der Waals surface area (Å²) in [6.45, 7) is 4.43. The highest BCUT2D eigenvalue weighted by atomic mass is 32.2. The number of benzene rings is 1. The number of nitrogens with two attached hydrogens (primary N) is 1. The van der Waals surface area contributed by atoms with Gasteiger partial charge >= 0.3 is 0 Å². The Labute approximate surface area is 128 Å². The van der Waals surface area contributed by atoms with Gasteiger partial charge in [0.15, 0.2) is 0 Å². The van der Waals surface area contributed by atoms with Crippen LogP contribution in [0.3, 0.4) is 0 Å². The fourth-order valence-electron chi connectivity index (χ4n) is 1.98. The molecule has 21 heavy (non-hydrogen) atoms. The number of sulfonamides is 1. The Morgan fingerprint density at radius 3 is 2.52 bits per heavy atom. The molecular formula is C14H18N2O3S2. The first kappa shape index (κ1) is 15.8. The third-order valence-electron chi connectivity index (χ3n) is 2.86. The van der Waals surface area contributed by atoms with E-state index in [2.05, 4.69) is 4.72 Å². The summed E-state index contributed by atoms with van der Waals surface area (Å²) in [5, 5.41) is 1.80. The Kier molecular flexibility index (Phi) is 4.87. The monoisotopic (exact) mass is 326 g/mol. The third kappa shape index (κ3) is 3.55. The van der Waals surface area contributed by atoms with Gasteiger partial charge in [0, 0.05) is 17.1 Å². The van der Waals surface area contributed by atoms with Crippen molar-refractivity contribution in [1.82, 2.24) is 0 Å². The van der Waals surface area contributed by atoms with Crippen LogP contribution in [0.5, 0.6) is 5.75 Å². The van der Waals surface area contributed by atoms with Gasteiger partial charge in [-0.15, -0.1) is 11.3 Å². The molecule has 114 valence electrons. The molecule has 0 atom stereocenters. The minimum atomic E-state index is -3.63. The van der Waals surface area contributed by atoms with Gasteiger partial charge in [-0.2, -0.15) is 0 Å². The molecule has 0 saturated heterocycles. The van der Waals surface area contributed by atoms with Gasteiger partial charge in [0.25, 0.3) is 10.0 Å². The second-order valence-corrected chi connectivity index (χ2v) is 7.02. The van der Waals surface area contributed by atoms with Gasteiger partial charge in [-0.05, 0) is 49.1 Å². The van der Waals surface area contributed by atoms with Crippen molar-refractivity contribution in [2.45, 2.75) is 25.3 Å². The van der Waals surface area contributed by atoms with Crippen molar-refractivity contribution in [3.05, 3.63) is 40.1 Å². The lowest BCUT2D eigenvalue weighted by Gasteiger charge is -2.10. The topological polar surface area (TPSA) is 81.4 Å². The molecule has 2 aromatic rings. The van der Waals surface area contributed by atoms with Gasteiger partial charge in [0.1, 0.15) is 10.6 Å². The van der Waals surface area contributed by atoms with E-state index in [1.54, 1.807) is 36.6 Å². The van der Waals surface area contributed by atoms with Crippen LogP contribution < -0.4 is 15.2 Å². The first-order valence-electron chi connectivity index (χ1n) is 6.50. The number of rotatable bonds is 6. The number of hydrogen-bond donors (Lipinski definition) is 2. The van der Waals surface area contributed by atoms with Crippen molar-refractivity contribution >= 4 is 27.0 Å². The summed E-state index contributed by atoms with van der Waals surface area (Å²) in [6.07, 6.45) is 0. The van der Waals surface area contributed by atoms with Crippen LogP contribution in [-0.4, -0.2) is 15.0 Å². The van der Waals surface area contributed by atoms with E-state index < -0.39 is 10.0 Å². The predicted molar refractivity (Wildman–Crippen MR) is 85.4 cm³/mol. The van der Waals surface area contributed by atoms with Crippen LogP contribution in [-0.2, 0) is 16.6 Å². The largest absolute Gasteiger partial charge is 0.494 e. The van der Waals surface area contributed by atoms with Gasteiger partial charge < -0.3 is 10.5 Å². The maximum absolute atomic E-state index is 12.5. The fraction of sp³-hybridized carbons (Fsp3) is 0.286. The van der Waals surface area contributed by atoms with Crippen LogP contribution in [0.2, 0.25) is 0 Å². The number of nitrogens with one attached hydrogen (secondary N) is 1. The minimum Gasteiger partial charge on any atom is -0.494 e. The molecule has 0 bridgehead atoms. The Balaban J connectivity index is 2.26. The normalized spacial score (nSPS) is 11.4. The van der Waals surface area contributed by atoms with E-state index in [0.29, 0.717) is 28.5 Å². The van der Waals surface area contributed by atoms with Crippen LogP contribution >= 0.6 is 11.3 Å². The van der Waals surface area contributed by atoms with Crippen LogP contribution in [0.25, 0.3) is 0 Å². The zero-order valence-electron chi connectivity index (χ0n) is 11.9. The van der Waals surface area contributed by atoms with Crippen LogP contribution in [0.15, 0.2) is 34.5 Å². The van der Waals surface area contributed by atoms with E-state index in [1.165, 1.54) is 11.3 Å². The maximum Gasteiger partial charge on any atom is 0.263 e. The molecule has 0 fully saturated rings. The van der Waals surface area contributed by atoms with E-state index in [0.717, 1.165) is 0 Å². The van der Waals surface area contributed by atoms with E-state index in [-0.39, 0.29) is 11.4 Å². The smallest absolute Gasteiger partial charge is 0.263 e. The van der Waals surface area contributed by atoms with E-state index >= 15 is 0 Å². The molecule has 0 unspecified atom stereocenters. The summed E-state index contributed by atoms with van der Waals surface area (Å²) < 4.78 is 32.9. The van der Waals surface area contributed by atoms with Crippen LogP contribution in [0, 0.1) is 6.92 Å². The SMILES string of the molecule is CCOc1ccc(NS(=O)(=O)c2c(C)csc2CN)cc1. The van der Waals surface area contributed by atoms with Gasteiger partial charge in [0.05, 0.1) is 6.61 Å². The molecule has 0 radical (unpaired) electrons. The van der Waals surface area contributed by atoms with Crippen molar-refractivity contribution in [3.63, 3.8) is 0 Å². The Morgan fingerprint density at radius 1 is 1.29 bits per heavy atom. The highest BCUT2D eigenvalue weighted by molar-refractivity contribution is 7.93. The van der Waals surface area contributed by atoms with Crippen molar-refractivity contribution in [2.75, 3.05) is 11.3 Å². The zero-order valence-corrected chi connectivity index (χ0v) is 13.6. The highest BCUT2D eigenvalue weighted by Crippen LogP contribution is 2.28. The molecule has 1 aromatic heterocycles. The molecule has 0 aliphatic heterocycles. The molecule has 3 N–H and O–H groups in total. The summed E-state index contributed by atoms with van der Waals surface area (Å²) in [4.78, 5) is 0.940. The lowest BCUT2D eigenvalue weighted by atomic mass is 10.3. The van der Waals surface area contributed by atoms with Gasteiger partial charge in [0.2, 0.25) is 0 Å². The highest BCUT2D eigenvalue weighted by Gasteiger charge is 2.22. The molecule has 0 amide bonds. The number of thiophene rings is 1. The molecule has 5 nitrogen and oxygen atoms in total. The van der Waals surface area contributed by atoms with Crippen molar-refractivity contribution in [1.29, 1.82) is 0 Å². The Morgan fingerprint density at radius 2 is 1.95 bits per heavy atom. The summed E-state index contributed by atoms with van der Waals surface area (Å²) in [5.41, 5.74) is 6.81. The van der Waals surface area contributed by atoms with Crippen molar-refractivity contribution in [2.24, 2.45) is 5.73 Å². The van der Waals surface area contributed by atoms with Gasteiger partial charge in [-0.25, -0.2) is 8.42 Å². The molecule has 0 saturated carbocycles. The lowest BCUT2D eigenvalue weighted by molar-refractivity contribution is 0.340. The molecule has 1 heterocycles. The van der Waals surface area contributed by atoms with Gasteiger partial charge in [-0.3, -0.25) is 4.72 Å². The predicted octanol–water partition coefficient (Wildman–Crippen LogP) is 2.71. The Bertz CT molecular complexity index is 706. The fourth-order valence-corrected chi connectivity index (χ4v) is 4.74. The molecule has 1 aromatic carbocycles. The van der Waals surface area contributed by atoms with Crippen molar-refractivity contribution < 1.29 is 13.2 Å². The maximum atomic E-state index is 12.5. The van der Waals surface area contributed by atoms with E-state index in [1.807, 2.05) is 6.92 Å². The molecule has 7 heteroatoms. The van der Waals surface area contributed by atoms with Gasteiger partial charge in [-0.1, -0.05) is 0 Å². The molecule has 0 aliphatic rings. The first-order chi connectivity index (χ1) is 9.97. The average Bonchev–Trinajstić information content (AvgIpc) is 2.83. The third-order valence-corrected chi connectivity index (χ3v) is 5.73. The second kappa shape index (κ2) is 6.46. The average molecular weight is 326 g/mol. The second-order valence-electron chi connectivity index (χ2n) is 4.44. The summed E-state index contributed by atoms with van der Waals surface area (Å²) in [6, 6.07) is 6.80. The summed E-state index contributed by atoms with van der Waals surface area (Å²) >= 11 is 1.36. The van der Waals surface area contributed by atoms with Crippen LogP contribution in [0.4, 0.5) is 5.69 Å². The standard InChI is InChI=1S/C14H18N2O3S2/c1-3-19-12-6-4-11(5-7-12)16-21(17,18)14-10(2)9-20-13(14)8-15/h4-7,9,16H,3,8,15H2,1-2H3. The quantitative estimate of drug-likeness (QED) is 0.855. The zero-order chi connectivity index (χ0) is 15.5. The number of hydrogen-bond acceptors (Lipinski definition) is 5. The van der Waals surface area contributed by atoms with Crippen LogP contribution in [0.1, 0.15) is 17.4 Å². The van der Waals surface area contributed by atoms with E-state index in [9.17, 15) is 8.42 Å². The molecule has 0 aliphatic carbocycles. The lowest BCUT2D eigenvalue weighted by Crippen LogP contribution is -2.15. The molecule has 2 rings (SSSR count). The van der Waals surface area contributed by atoms with E-state index in [4.69, 9.17) is 10.5 Å². The molecular weight excluding hydrogens is 308 g/mol. The first-order valence-corrected chi connectivity index (χ1v) is 8.87. The summed E-state index contributed by atoms with van der Waals surface area (Å²) in [7, 11) is -3.63.